The first kappa shape index (κ1) is 7.24. The fraction of sp³-hybridized carbons (Fsp3) is 0.250. The van der Waals surface area contributed by atoms with Gasteiger partial charge in [-0.25, -0.2) is 9.97 Å². The van der Waals surface area contributed by atoms with Crippen molar-refractivity contribution in [3.8, 4) is 0 Å². The van der Waals surface area contributed by atoms with Crippen LogP contribution in [-0.4, -0.2) is 21.6 Å². The normalized spacial score (nSPS) is 10.8. The first-order chi connectivity index (χ1) is 5.92. The molecule has 0 spiro atoms. The van der Waals surface area contributed by atoms with Gasteiger partial charge in [-0.15, -0.1) is 0 Å². The summed E-state index contributed by atoms with van der Waals surface area (Å²) in [5.41, 5.74) is 1.76. The predicted molar refractivity (Wildman–Crippen MR) is 44.5 cm³/mol. The summed E-state index contributed by atoms with van der Waals surface area (Å²) >= 11 is 0. The van der Waals surface area contributed by atoms with Crippen molar-refractivity contribution in [2.75, 3.05) is 7.11 Å². The van der Waals surface area contributed by atoms with E-state index in [2.05, 4.69) is 9.97 Å². The summed E-state index contributed by atoms with van der Waals surface area (Å²) in [7, 11) is 1.65. The third kappa shape index (κ3) is 1.06. The fourth-order valence-electron chi connectivity index (χ4n) is 1.14. The average molecular weight is 163 g/mol. The first-order valence-electron chi connectivity index (χ1n) is 3.66. The van der Waals surface area contributed by atoms with Crippen LogP contribution in [0.1, 0.15) is 0 Å². The third-order valence-electron chi connectivity index (χ3n) is 1.66. The van der Waals surface area contributed by atoms with Gasteiger partial charge in [0.05, 0.1) is 11.8 Å². The van der Waals surface area contributed by atoms with Crippen molar-refractivity contribution in [2.24, 2.45) is 0 Å². The van der Waals surface area contributed by atoms with E-state index in [9.17, 15) is 0 Å². The van der Waals surface area contributed by atoms with Gasteiger partial charge in [0.2, 0.25) is 0 Å². The molecule has 12 heavy (non-hydrogen) atoms. The van der Waals surface area contributed by atoms with E-state index in [0.717, 1.165) is 11.2 Å². The Morgan fingerprint density at radius 2 is 2.42 bits per heavy atom. The standard InChI is InChI=1S/C8H9N3O/c1-12-6-11-5-10-8-7(11)3-2-4-9-8/h2-5H,6H2,1H3. The van der Waals surface area contributed by atoms with Crippen LogP contribution in [0.25, 0.3) is 11.2 Å². The minimum Gasteiger partial charge on any atom is -0.364 e. The highest BCUT2D eigenvalue weighted by Crippen LogP contribution is 2.08. The second kappa shape index (κ2) is 2.91. The van der Waals surface area contributed by atoms with Crippen molar-refractivity contribution in [1.29, 1.82) is 0 Å². The molecule has 0 N–H and O–H groups in total. The van der Waals surface area contributed by atoms with Gasteiger partial charge in [-0.1, -0.05) is 0 Å². The number of imidazole rings is 1. The van der Waals surface area contributed by atoms with Crippen LogP contribution in [0.3, 0.4) is 0 Å². The number of rotatable bonds is 2. The molecule has 0 aliphatic rings. The number of hydrogen-bond acceptors (Lipinski definition) is 3. The molecule has 2 rings (SSSR count). The molecule has 0 aliphatic carbocycles. The quantitative estimate of drug-likeness (QED) is 0.664. The van der Waals surface area contributed by atoms with Gasteiger partial charge in [0.1, 0.15) is 6.73 Å². The minimum atomic E-state index is 0.516. The Morgan fingerprint density at radius 3 is 3.25 bits per heavy atom. The van der Waals surface area contributed by atoms with E-state index in [-0.39, 0.29) is 0 Å². The Kier molecular flexibility index (Phi) is 1.75. The van der Waals surface area contributed by atoms with E-state index in [1.807, 2.05) is 16.7 Å². The molecule has 0 saturated carbocycles. The largest absolute Gasteiger partial charge is 0.364 e. The maximum Gasteiger partial charge on any atom is 0.177 e. The number of nitrogens with zero attached hydrogens (tertiary/aromatic N) is 3. The Balaban J connectivity index is 2.55. The summed E-state index contributed by atoms with van der Waals surface area (Å²) in [5.74, 6) is 0. The number of fused-ring (bicyclic) bond motifs is 1. The highest BCUT2D eigenvalue weighted by Gasteiger charge is 1.99. The highest BCUT2D eigenvalue weighted by molar-refractivity contribution is 5.69. The molecule has 0 aliphatic heterocycles. The number of ether oxygens (including phenoxy) is 1. The lowest BCUT2D eigenvalue weighted by atomic mass is 10.4. The Labute approximate surface area is 69.8 Å². The van der Waals surface area contributed by atoms with Crippen LogP contribution >= 0.6 is 0 Å². The maximum absolute atomic E-state index is 4.99. The van der Waals surface area contributed by atoms with Crippen LogP contribution in [0.4, 0.5) is 0 Å². The van der Waals surface area contributed by atoms with E-state index >= 15 is 0 Å². The zero-order valence-corrected chi connectivity index (χ0v) is 6.77. The molecular weight excluding hydrogens is 154 g/mol. The van der Waals surface area contributed by atoms with E-state index in [1.54, 1.807) is 19.6 Å². The lowest BCUT2D eigenvalue weighted by molar-refractivity contribution is 0.134. The molecule has 0 radical (unpaired) electrons. The lowest BCUT2D eigenvalue weighted by Gasteiger charge is -1.99. The zero-order chi connectivity index (χ0) is 8.39. The lowest BCUT2D eigenvalue weighted by Crippen LogP contribution is -1.96. The number of aromatic nitrogens is 3. The molecule has 0 saturated heterocycles. The van der Waals surface area contributed by atoms with E-state index in [4.69, 9.17) is 4.74 Å². The van der Waals surface area contributed by atoms with Crippen molar-refractivity contribution in [1.82, 2.24) is 14.5 Å². The van der Waals surface area contributed by atoms with Gasteiger partial charge in [0.15, 0.2) is 5.65 Å². The molecule has 0 amide bonds. The molecule has 62 valence electrons. The molecule has 0 atom stereocenters. The third-order valence-corrected chi connectivity index (χ3v) is 1.66. The van der Waals surface area contributed by atoms with Crippen molar-refractivity contribution in [3.63, 3.8) is 0 Å². The first-order valence-corrected chi connectivity index (χ1v) is 3.66. The zero-order valence-electron chi connectivity index (χ0n) is 6.77. The molecule has 0 fully saturated rings. The molecule has 0 bridgehead atoms. The van der Waals surface area contributed by atoms with Crippen LogP contribution in [-0.2, 0) is 11.5 Å². The Bertz CT molecular complexity index is 382. The van der Waals surface area contributed by atoms with Crippen LogP contribution in [0.5, 0.6) is 0 Å². The van der Waals surface area contributed by atoms with E-state index < -0.39 is 0 Å². The molecule has 4 nitrogen and oxygen atoms in total. The van der Waals surface area contributed by atoms with Gasteiger partial charge in [0.25, 0.3) is 0 Å². The highest BCUT2D eigenvalue weighted by atomic mass is 16.5. The summed E-state index contributed by atoms with van der Waals surface area (Å²) in [6.45, 7) is 0.516. The van der Waals surface area contributed by atoms with Crippen LogP contribution in [0.2, 0.25) is 0 Å². The number of pyridine rings is 1. The molecule has 2 aromatic heterocycles. The Hall–Kier alpha value is -1.42. The minimum absolute atomic E-state index is 0.516. The second-order valence-corrected chi connectivity index (χ2v) is 2.48. The SMILES string of the molecule is COCn1cnc2ncccc21. The monoisotopic (exact) mass is 163 g/mol. The van der Waals surface area contributed by atoms with Crippen molar-refractivity contribution in [3.05, 3.63) is 24.7 Å². The number of methoxy groups -OCH3 is 1. The smallest absolute Gasteiger partial charge is 0.177 e. The molecule has 4 heteroatoms. The molecular formula is C8H9N3O. The second-order valence-electron chi connectivity index (χ2n) is 2.48. The summed E-state index contributed by atoms with van der Waals surface area (Å²) in [6, 6.07) is 3.85. The van der Waals surface area contributed by atoms with Crippen LogP contribution in [0.15, 0.2) is 24.7 Å². The summed E-state index contributed by atoms with van der Waals surface area (Å²) in [4.78, 5) is 8.21. The maximum atomic E-state index is 4.99. The predicted octanol–water partition coefficient (Wildman–Crippen LogP) is 1.04. The van der Waals surface area contributed by atoms with E-state index in [1.165, 1.54) is 0 Å². The molecule has 2 heterocycles. The molecule has 2 aromatic rings. The topological polar surface area (TPSA) is 39.9 Å². The van der Waals surface area contributed by atoms with Gasteiger partial charge >= 0.3 is 0 Å². The van der Waals surface area contributed by atoms with Gasteiger partial charge in [0, 0.05) is 13.3 Å². The van der Waals surface area contributed by atoms with Gasteiger partial charge in [-0.3, -0.25) is 0 Å². The van der Waals surface area contributed by atoms with Crippen molar-refractivity contribution in [2.45, 2.75) is 6.73 Å². The van der Waals surface area contributed by atoms with Gasteiger partial charge in [-0.2, -0.15) is 0 Å². The average Bonchev–Trinajstić information content (AvgIpc) is 2.50. The van der Waals surface area contributed by atoms with Gasteiger partial charge < -0.3 is 9.30 Å². The van der Waals surface area contributed by atoms with Crippen LogP contribution < -0.4 is 0 Å². The van der Waals surface area contributed by atoms with Crippen LogP contribution in [0, 0.1) is 0 Å². The number of hydrogen-bond donors (Lipinski definition) is 0. The van der Waals surface area contributed by atoms with Crippen molar-refractivity contribution < 1.29 is 4.74 Å². The molecule has 0 unspecified atom stereocenters. The summed E-state index contributed by atoms with van der Waals surface area (Å²) in [5, 5.41) is 0. The Morgan fingerprint density at radius 1 is 1.50 bits per heavy atom. The van der Waals surface area contributed by atoms with E-state index in [0.29, 0.717) is 6.73 Å². The molecule has 0 aromatic carbocycles. The summed E-state index contributed by atoms with van der Waals surface area (Å²) in [6.07, 6.45) is 3.45. The fourth-order valence-corrected chi connectivity index (χ4v) is 1.14. The van der Waals surface area contributed by atoms with Crippen molar-refractivity contribution >= 4 is 11.2 Å². The van der Waals surface area contributed by atoms with Gasteiger partial charge in [-0.05, 0) is 12.1 Å². The summed E-state index contributed by atoms with van der Waals surface area (Å²) < 4.78 is 6.89.